The number of unbranched alkanes of at least 4 members (excludes halogenated alkanes) is 4. The molecule has 0 amide bonds. The fourth-order valence-electron chi connectivity index (χ4n) is 4.36. The molecule has 0 radical (unpaired) electrons. The van der Waals surface area contributed by atoms with E-state index in [1.54, 1.807) is 30.3 Å². The Balaban J connectivity index is 0.000000422. The minimum absolute atomic E-state index is 0.123. The van der Waals surface area contributed by atoms with Crippen LogP contribution in [0.15, 0.2) is 42.5 Å². The smallest absolute Gasteiger partial charge is 0.339 e. The third-order valence-electron chi connectivity index (χ3n) is 7.11. The predicted molar refractivity (Wildman–Crippen MR) is 163 cm³/mol. The van der Waals surface area contributed by atoms with Crippen molar-refractivity contribution < 1.29 is 38.9 Å². The van der Waals surface area contributed by atoms with Crippen molar-refractivity contribution in [3.63, 3.8) is 0 Å². The van der Waals surface area contributed by atoms with Crippen molar-refractivity contribution in [3.8, 4) is 0 Å². The van der Waals surface area contributed by atoms with Gasteiger partial charge in [0.15, 0.2) is 0 Å². The SMILES string of the molecule is CCC(CC)CCCCCc1ccc(C(=O)O)c(C(=O)O)c1.CCCCOC(=O)c1ccccc1C(=O)OCCCC. The van der Waals surface area contributed by atoms with Crippen LogP contribution in [-0.2, 0) is 15.9 Å². The molecule has 0 aliphatic carbocycles. The molecule has 0 atom stereocenters. The van der Waals surface area contributed by atoms with Gasteiger partial charge in [-0.1, -0.05) is 90.8 Å². The molecule has 0 bridgehead atoms. The van der Waals surface area contributed by atoms with Gasteiger partial charge in [0.25, 0.3) is 0 Å². The highest BCUT2D eigenvalue weighted by Crippen LogP contribution is 2.19. The second-order valence-electron chi connectivity index (χ2n) is 10.3. The molecule has 0 aliphatic rings. The zero-order chi connectivity index (χ0) is 31.3. The van der Waals surface area contributed by atoms with E-state index in [0.717, 1.165) is 56.4 Å². The van der Waals surface area contributed by atoms with Crippen LogP contribution in [0, 0.1) is 5.92 Å². The number of rotatable bonds is 18. The van der Waals surface area contributed by atoms with Crippen molar-refractivity contribution in [1.82, 2.24) is 0 Å². The Morgan fingerprint density at radius 3 is 1.62 bits per heavy atom. The van der Waals surface area contributed by atoms with E-state index in [2.05, 4.69) is 13.8 Å². The van der Waals surface area contributed by atoms with Gasteiger partial charge in [0.05, 0.1) is 35.5 Å². The molecule has 0 heterocycles. The normalized spacial score (nSPS) is 10.5. The summed E-state index contributed by atoms with van der Waals surface area (Å²) in [5.74, 6) is -2.52. The predicted octanol–water partition coefficient (Wildman–Crippen LogP) is 8.22. The van der Waals surface area contributed by atoms with E-state index in [1.807, 2.05) is 13.8 Å². The van der Waals surface area contributed by atoms with E-state index < -0.39 is 23.9 Å². The summed E-state index contributed by atoms with van der Waals surface area (Å²) >= 11 is 0. The molecule has 0 aromatic heterocycles. The Morgan fingerprint density at radius 2 is 1.17 bits per heavy atom. The summed E-state index contributed by atoms with van der Waals surface area (Å²) < 4.78 is 10.3. The molecule has 0 unspecified atom stereocenters. The third-order valence-corrected chi connectivity index (χ3v) is 7.11. The van der Waals surface area contributed by atoms with Crippen molar-refractivity contribution in [3.05, 3.63) is 70.3 Å². The minimum atomic E-state index is -1.20. The molecule has 0 fully saturated rings. The van der Waals surface area contributed by atoms with Crippen LogP contribution in [0.2, 0.25) is 0 Å². The van der Waals surface area contributed by atoms with Crippen LogP contribution in [0.4, 0.5) is 0 Å². The molecular weight excluding hydrogens is 536 g/mol. The number of hydrogen-bond acceptors (Lipinski definition) is 6. The van der Waals surface area contributed by atoms with E-state index >= 15 is 0 Å². The van der Waals surface area contributed by atoms with Gasteiger partial charge in [0.1, 0.15) is 0 Å². The van der Waals surface area contributed by atoms with Gasteiger partial charge in [-0.2, -0.15) is 0 Å². The van der Waals surface area contributed by atoms with Crippen molar-refractivity contribution in [2.24, 2.45) is 5.92 Å². The number of aromatic carboxylic acids is 2. The zero-order valence-corrected chi connectivity index (χ0v) is 25.7. The number of carbonyl (C=O) groups is 4. The van der Waals surface area contributed by atoms with Gasteiger partial charge in [-0.05, 0) is 61.4 Å². The lowest BCUT2D eigenvalue weighted by molar-refractivity contribution is 0.0452. The van der Waals surface area contributed by atoms with Crippen LogP contribution in [0.3, 0.4) is 0 Å². The number of aryl methyl sites for hydroxylation is 1. The number of carboxylic acid groups (broad SMARTS) is 2. The van der Waals surface area contributed by atoms with E-state index in [4.69, 9.17) is 19.7 Å². The van der Waals surface area contributed by atoms with E-state index in [1.165, 1.54) is 37.8 Å². The Morgan fingerprint density at radius 1 is 0.643 bits per heavy atom. The van der Waals surface area contributed by atoms with Crippen molar-refractivity contribution in [1.29, 1.82) is 0 Å². The molecule has 0 saturated carbocycles. The molecule has 0 saturated heterocycles. The van der Waals surface area contributed by atoms with Crippen molar-refractivity contribution >= 4 is 23.9 Å². The highest BCUT2D eigenvalue weighted by atomic mass is 16.5. The number of ether oxygens (including phenoxy) is 2. The Labute approximate surface area is 250 Å². The van der Waals surface area contributed by atoms with Gasteiger partial charge in [-0.3, -0.25) is 0 Å². The second kappa shape index (κ2) is 21.1. The standard InChI is InChI=1S/C18H26O4.C16H22O4/c1-3-13(4-2)8-6-5-7-9-14-10-11-15(17(19)20)16(12-14)18(21)22;1-3-5-11-19-15(17)13-9-7-8-10-14(13)16(18)20-12-6-4-2/h10-13H,3-9H2,1-2H3,(H,19,20)(H,21,22);7-10H,3-6,11-12H2,1-2H3. The number of carboxylic acids is 2. The Bertz CT molecular complexity index is 1080. The average Bonchev–Trinajstić information content (AvgIpc) is 2.99. The largest absolute Gasteiger partial charge is 0.478 e. The minimum Gasteiger partial charge on any atom is -0.478 e. The number of carbonyl (C=O) groups excluding carboxylic acids is 2. The lowest BCUT2D eigenvalue weighted by atomic mass is 9.95. The average molecular weight is 585 g/mol. The quantitative estimate of drug-likeness (QED) is 0.132. The van der Waals surface area contributed by atoms with Gasteiger partial charge in [0, 0.05) is 0 Å². The second-order valence-corrected chi connectivity index (χ2v) is 10.3. The van der Waals surface area contributed by atoms with Gasteiger partial charge >= 0.3 is 23.9 Å². The first-order valence-electron chi connectivity index (χ1n) is 15.2. The highest BCUT2D eigenvalue weighted by Gasteiger charge is 2.19. The number of esters is 2. The summed E-state index contributed by atoms with van der Waals surface area (Å²) in [5.41, 5.74) is 1.16. The van der Waals surface area contributed by atoms with Crippen LogP contribution >= 0.6 is 0 Å². The molecule has 42 heavy (non-hydrogen) atoms. The first-order chi connectivity index (χ1) is 20.2. The molecule has 0 aliphatic heterocycles. The summed E-state index contributed by atoms with van der Waals surface area (Å²) in [6, 6.07) is 11.2. The van der Waals surface area contributed by atoms with Crippen LogP contribution in [0.5, 0.6) is 0 Å². The maximum atomic E-state index is 11.9. The van der Waals surface area contributed by atoms with Crippen LogP contribution in [-0.4, -0.2) is 47.3 Å². The molecule has 8 heteroatoms. The topological polar surface area (TPSA) is 127 Å². The summed E-state index contributed by atoms with van der Waals surface area (Å²) in [4.78, 5) is 46.0. The number of hydrogen-bond donors (Lipinski definition) is 2. The summed E-state index contributed by atoms with van der Waals surface area (Å²) in [7, 11) is 0. The van der Waals surface area contributed by atoms with E-state index in [9.17, 15) is 19.2 Å². The Hall–Kier alpha value is -3.68. The zero-order valence-electron chi connectivity index (χ0n) is 25.7. The van der Waals surface area contributed by atoms with Crippen LogP contribution < -0.4 is 0 Å². The molecule has 8 nitrogen and oxygen atoms in total. The fraction of sp³-hybridized carbons (Fsp3) is 0.529. The molecule has 2 rings (SSSR count). The summed E-state index contributed by atoms with van der Waals surface area (Å²) in [6.45, 7) is 9.24. The molecular formula is C34H48O8. The van der Waals surface area contributed by atoms with Gasteiger partial charge in [0.2, 0.25) is 0 Å². The monoisotopic (exact) mass is 584 g/mol. The first kappa shape index (κ1) is 36.3. The van der Waals surface area contributed by atoms with Gasteiger partial charge in [-0.15, -0.1) is 0 Å². The van der Waals surface area contributed by atoms with E-state index in [-0.39, 0.29) is 22.3 Å². The van der Waals surface area contributed by atoms with E-state index in [0.29, 0.717) is 13.2 Å². The summed E-state index contributed by atoms with van der Waals surface area (Å²) in [5, 5.41) is 18.1. The maximum absolute atomic E-state index is 11.9. The molecule has 2 N–H and O–H groups in total. The lowest BCUT2D eigenvalue weighted by Crippen LogP contribution is -2.14. The number of benzene rings is 2. The van der Waals surface area contributed by atoms with Crippen LogP contribution in [0.1, 0.15) is 139 Å². The molecule has 2 aromatic carbocycles. The van der Waals surface area contributed by atoms with Gasteiger partial charge in [-0.25, -0.2) is 19.2 Å². The Kier molecular flexibility index (Phi) is 18.2. The van der Waals surface area contributed by atoms with Crippen LogP contribution in [0.25, 0.3) is 0 Å². The molecule has 2 aromatic rings. The lowest BCUT2D eigenvalue weighted by Gasteiger charge is -2.11. The summed E-state index contributed by atoms with van der Waals surface area (Å²) in [6.07, 6.45) is 11.4. The fourth-order valence-corrected chi connectivity index (χ4v) is 4.36. The first-order valence-corrected chi connectivity index (χ1v) is 15.2. The maximum Gasteiger partial charge on any atom is 0.339 e. The molecule has 0 spiro atoms. The third kappa shape index (κ3) is 13.3. The van der Waals surface area contributed by atoms with Crippen molar-refractivity contribution in [2.45, 2.75) is 98.3 Å². The van der Waals surface area contributed by atoms with Crippen molar-refractivity contribution in [2.75, 3.05) is 13.2 Å². The molecule has 232 valence electrons. The highest BCUT2D eigenvalue weighted by molar-refractivity contribution is 6.03. The van der Waals surface area contributed by atoms with Gasteiger partial charge < -0.3 is 19.7 Å².